The molecule has 0 aromatic heterocycles. The minimum Gasteiger partial charge on any atom is -0.497 e. The zero-order chi connectivity index (χ0) is 10.8. The molecule has 0 spiro atoms. The number of benzene rings is 1. The standard InChI is InChI=1S/C10H12Br2O2/c1-10(11,12)9(13)7-3-5-8(14-2)6-4-7/h3-6,9,13H,1-2H3. The Balaban J connectivity index is 2.87. The largest absolute Gasteiger partial charge is 0.497 e. The van der Waals surface area contributed by atoms with Gasteiger partial charge in [0.2, 0.25) is 0 Å². The Hall–Kier alpha value is -0.0600. The maximum atomic E-state index is 9.89. The van der Waals surface area contributed by atoms with E-state index in [0.29, 0.717) is 0 Å². The lowest BCUT2D eigenvalue weighted by molar-refractivity contribution is 0.173. The van der Waals surface area contributed by atoms with E-state index in [1.54, 1.807) is 7.11 Å². The van der Waals surface area contributed by atoms with E-state index < -0.39 is 9.34 Å². The molecule has 1 atom stereocenters. The number of methoxy groups -OCH3 is 1. The topological polar surface area (TPSA) is 29.5 Å². The van der Waals surface area contributed by atoms with Gasteiger partial charge in [0.25, 0.3) is 0 Å². The summed E-state index contributed by atoms with van der Waals surface area (Å²) in [6.07, 6.45) is -0.603. The third-order valence-corrected chi connectivity index (χ3v) is 2.78. The number of aliphatic hydroxyl groups excluding tert-OH is 1. The first-order valence-corrected chi connectivity index (χ1v) is 5.73. The number of hydrogen-bond acceptors (Lipinski definition) is 2. The molecule has 0 radical (unpaired) electrons. The Morgan fingerprint density at radius 2 is 1.79 bits per heavy atom. The van der Waals surface area contributed by atoms with Crippen molar-refractivity contribution >= 4 is 31.9 Å². The highest BCUT2D eigenvalue weighted by atomic mass is 79.9. The van der Waals surface area contributed by atoms with Gasteiger partial charge in [-0.15, -0.1) is 0 Å². The summed E-state index contributed by atoms with van der Waals surface area (Å²) in [6, 6.07) is 7.32. The van der Waals surface area contributed by atoms with Crippen LogP contribution in [0.1, 0.15) is 18.6 Å². The SMILES string of the molecule is COc1ccc(C(O)C(C)(Br)Br)cc1. The summed E-state index contributed by atoms with van der Waals surface area (Å²) >= 11 is 6.70. The predicted molar refractivity (Wildman–Crippen MR) is 64.2 cm³/mol. The van der Waals surface area contributed by atoms with Gasteiger partial charge in [-0.3, -0.25) is 0 Å². The van der Waals surface area contributed by atoms with Crippen LogP contribution < -0.4 is 4.74 Å². The highest BCUT2D eigenvalue weighted by molar-refractivity contribution is 9.25. The Labute approximate surface area is 101 Å². The second kappa shape index (κ2) is 4.64. The van der Waals surface area contributed by atoms with Gasteiger partial charge in [0.1, 0.15) is 15.1 Å². The van der Waals surface area contributed by atoms with Crippen LogP contribution in [0, 0.1) is 0 Å². The van der Waals surface area contributed by atoms with Crippen LogP contribution in [0.5, 0.6) is 5.75 Å². The van der Waals surface area contributed by atoms with E-state index in [1.165, 1.54) is 0 Å². The fourth-order valence-electron chi connectivity index (χ4n) is 1.08. The Kier molecular flexibility index (Phi) is 3.98. The molecule has 0 bridgehead atoms. The van der Waals surface area contributed by atoms with Crippen molar-refractivity contribution in [3.8, 4) is 5.75 Å². The average Bonchev–Trinajstić information content (AvgIpc) is 2.15. The maximum absolute atomic E-state index is 9.89. The van der Waals surface area contributed by atoms with Crippen molar-refractivity contribution in [1.29, 1.82) is 0 Å². The molecular weight excluding hydrogens is 312 g/mol. The summed E-state index contributed by atoms with van der Waals surface area (Å²) in [4.78, 5) is 0. The van der Waals surface area contributed by atoms with Gasteiger partial charge in [-0.05, 0) is 24.6 Å². The van der Waals surface area contributed by atoms with Crippen LogP contribution in [0.3, 0.4) is 0 Å². The maximum Gasteiger partial charge on any atom is 0.118 e. The Bertz CT molecular complexity index is 290. The average molecular weight is 324 g/mol. The van der Waals surface area contributed by atoms with Gasteiger partial charge in [-0.1, -0.05) is 44.0 Å². The van der Waals surface area contributed by atoms with Crippen LogP contribution in [0.2, 0.25) is 0 Å². The van der Waals surface area contributed by atoms with E-state index in [-0.39, 0.29) is 0 Å². The first-order chi connectivity index (χ1) is 6.45. The summed E-state index contributed by atoms with van der Waals surface area (Å²) in [5, 5.41) is 9.89. The quantitative estimate of drug-likeness (QED) is 0.865. The molecule has 0 aliphatic carbocycles. The first kappa shape index (κ1) is 12.0. The van der Waals surface area contributed by atoms with Crippen molar-refractivity contribution in [2.45, 2.75) is 16.3 Å². The molecule has 1 N–H and O–H groups in total. The van der Waals surface area contributed by atoms with Crippen molar-refractivity contribution in [2.24, 2.45) is 0 Å². The molecule has 0 aliphatic heterocycles. The third-order valence-electron chi connectivity index (χ3n) is 1.91. The number of alkyl halides is 2. The van der Waals surface area contributed by atoms with Crippen molar-refractivity contribution in [3.05, 3.63) is 29.8 Å². The van der Waals surface area contributed by atoms with Gasteiger partial charge in [-0.2, -0.15) is 0 Å². The molecule has 2 nitrogen and oxygen atoms in total. The van der Waals surface area contributed by atoms with Gasteiger partial charge < -0.3 is 9.84 Å². The van der Waals surface area contributed by atoms with Crippen LogP contribution in [-0.4, -0.2) is 15.4 Å². The lowest BCUT2D eigenvalue weighted by Gasteiger charge is -2.22. The van der Waals surface area contributed by atoms with E-state index in [1.807, 2.05) is 31.2 Å². The number of aliphatic hydroxyl groups is 1. The summed E-state index contributed by atoms with van der Waals surface area (Å²) in [6.45, 7) is 1.85. The van der Waals surface area contributed by atoms with Gasteiger partial charge in [0.05, 0.1) is 7.11 Å². The normalized spacial score (nSPS) is 13.8. The minimum absolute atomic E-state index is 0.505. The summed E-state index contributed by atoms with van der Waals surface area (Å²) in [7, 11) is 1.62. The molecule has 0 saturated carbocycles. The molecule has 0 aliphatic rings. The second-order valence-corrected chi connectivity index (χ2v) is 7.49. The predicted octanol–water partition coefficient (Wildman–Crippen LogP) is 3.23. The molecule has 14 heavy (non-hydrogen) atoms. The molecule has 1 aromatic carbocycles. The van der Waals surface area contributed by atoms with Crippen molar-refractivity contribution in [1.82, 2.24) is 0 Å². The highest BCUT2D eigenvalue weighted by Crippen LogP contribution is 2.39. The number of hydrogen-bond donors (Lipinski definition) is 1. The highest BCUT2D eigenvalue weighted by Gasteiger charge is 2.27. The molecule has 78 valence electrons. The zero-order valence-electron chi connectivity index (χ0n) is 8.00. The Morgan fingerprint density at radius 3 is 2.14 bits per heavy atom. The van der Waals surface area contributed by atoms with Crippen molar-refractivity contribution in [2.75, 3.05) is 7.11 Å². The Morgan fingerprint density at radius 1 is 1.29 bits per heavy atom. The van der Waals surface area contributed by atoms with Crippen LogP contribution in [-0.2, 0) is 0 Å². The number of ether oxygens (including phenoxy) is 1. The van der Waals surface area contributed by atoms with Gasteiger partial charge >= 0.3 is 0 Å². The summed E-state index contributed by atoms with van der Waals surface area (Å²) < 4.78 is 4.52. The lowest BCUT2D eigenvalue weighted by Crippen LogP contribution is -2.17. The van der Waals surface area contributed by atoms with E-state index >= 15 is 0 Å². The number of halogens is 2. The monoisotopic (exact) mass is 322 g/mol. The van der Waals surface area contributed by atoms with Gasteiger partial charge in [0, 0.05) is 0 Å². The zero-order valence-corrected chi connectivity index (χ0v) is 11.2. The van der Waals surface area contributed by atoms with Crippen LogP contribution in [0.4, 0.5) is 0 Å². The molecule has 4 heteroatoms. The smallest absolute Gasteiger partial charge is 0.118 e. The van der Waals surface area contributed by atoms with E-state index in [2.05, 4.69) is 31.9 Å². The molecule has 0 saturated heterocycles. The van der Waals surface area contributed by atoms with Crippen LogP contribution in [0.25, 0.3) is 0 Å². The molecular formula is C10H12Br2O2. The fourth-order valence-corrected chi connectivity index (χ4v) is 1.61. The molecule has 1 aromatic rings. The number of rotatable bonds is 3. The van der Waals surface area contributed by atoms with Crippen molar-refractivity contribution < 1.29 is 9.84 Å². The second-order valence-electron chi connectivity index (χ2n) is 3.13. The van der Waals surface area contributed by atoms with Gasteiger partial charge in [0.15, 0.2) is 0 Å². The van der Waals surface area contributed by atoms with Crippen molar-refractivity contribution in [3.63, 3.8) is 0 Å². The molecule has 0 amide bonds. The molecule has 1 rings (SSSR count). The fraction of sp³-hybridized carbons (Fsp3) is 0.400. The molecule has 1 unspecified atom stereocenters. The van der Waals surface area contributed by atoms with E-state index in [9.17, 15) is 5.11 Å². The molecule has 0 heterocycles. The summed E-state index contributed by atoms with van der Waals surface area (Å²) in [5.41, 5.74) is 0.835. The van der Waals surface area contributed by atoms with Crippen LogP contribution >= 0.6 is 31.9 Å². The van der Waals surface area contributed by atoms with Crippen LogP contribution in [0.15, 0.2) is 24.3 Å². The van der Waals surface area contributed by atoms with E-state index in [4.69, 9.17) is 4.74 Å². The summed E-state index contributed by atoms with van der Waals surface area (Å²) in [5.74, 6) is 0.784. The third kappa shape index (κ3) is 2.97. The molecule has 0 fully saturated rings. The van der Waals surface area contributed by atoms with Gasteiger partial charge in [-0.25, -0.2) is 0 Å². The minimum atomic E-state index is -0.603. The first-order valence-electron chi connectivity index (χ1n) is 4.15. The lowest BCUT2D eigenvalue weighted by atomic mass is 10.1. The van der Waals surface area contributed by atoms with E-state index in [0.717, 1.165) is 11.3 Å².